The average molecular weight is 251 g/mol. The van der Waals surface area contributed by atoms with Gasteiger partial charge >= 0.3 is 0 Å². The Kier molecular flexibility index (Phi) is 3.50. The van der Waals surface area contributed by atoms with Gasteiger partial charge in [0.05, 0.1) is 5.56 Å². The van der Waals surface area contributed by atoms with Crippen molar-refractivity contribution in [3.05, 3.63) is 28.2 Å². The molecule has 3 nitrogen and oxygen atoms in total. The van der Waals surface area contributed by atoms with Gasteiger partial charge in [-0.05, 0) is 25.1 Å². The van der Waals surface area contributed by atoms with Gasteiger partial charge < -0.3 is 4.74 Å². The molecule has 1 atom stereocenters. The molecule has 1 unspecified atom stereocenters. The molecule has 0 fully saturated rings. The van der Waals surface area contributed by atoms with Crippen LogP contribution in [-0.2, 0) is 0 Å². The summed E-state index contributed by atoms with van der Waals surface area (Å²) < 4.78 is 6.05. The fourth-order valence-corrected chi connectivity index (χ4v) is 1.27. The molecule has 1 aromatic carbocycles. The Labute approximate surface area is 90.7 Å². The van der Waals surface area contributed by atoms with Crippen molar-refractivity contribution in [2.75, 3.05) is 0 Å². The lowest BCUT2D eigenvalue weighted by Crippen LogP contribution is -2.09. The van der Waals surface area contributed by atoms with Crippen molar-refractivity contribution in [2.45, 2.75) is 13.0 Å². The maximum absolute atomic E-state index is 8.79. The third-order valence-corrected chi connectivity index (χ3v) is 2.04. The minimum absolute atomic E-state index is 0.418. The van der Waals surface area contributed by atoms with Crippen LogP contribution in [-0.4, -0.2) is 6.10 Å². The number of ether oxygens (including phenoxy) is 1. The zero-order valence-electron chi connectivity index (χ0n) is 7.49. The molecule has 0 aliphatic carbocycles. The maximum atomic E-state index is 8.79. The van der Waals surface area contributed by atoms with E-state index in [4.69, 9.17) is 15.3 Å². The molecule has 0 spiro atoms. The highest BCUT2D eigenvalue weighted by Crippen LogP contribution is 2.23. The van der Waals surface area contributed by atoms with Crippen LogP contribution in [0, 0.1) is 22.7 Å². The Morgan fingerprint density at radius 2 is 2.14 bits per heavy atom. The van der Waals surface area contributed by atoms with Crippen LogP contribution in [0.3, 0.4) is 0 Å². The summed E-state index contributed by atoms with van der Waals surface area (Å²) in [6.45, 7) is 1.63. The Morgan fingerprint density at radius 1 is 1.43 bits per heavy atom. The Bertz CT molecular complexity index is 417. The standard InChI is InChI=1S/C10H7BrN2O/c1-7(5-12)14-10-3-2-9(11)4-8(10)6-13/h2-4,7H,1H3. The number of nitrogens with zero attached hydrogens (tertiary/aromatic N) is 2. The van der Waals surface area contributed by atoms with E-state index in [0.717, 1.165) is 4.47 Å². The lowest BCUT2D eigenvalue weighted by atomic mass is 10.2. The molecular formula is C10H7BrN2O. The second-order valence-corrected chi connectivity index (χ2v) is 3.56. The zero-order chi connectivity index (χ0) is 10.6. The van der Waals surface area contributed by atoms with Crippen molar-refractivity contribution < 1.29 is 4.74 Å². The van der Waals surface area contributed by atoms with E-state index in [2.05, 4.69) is 15.9 Å². The molecule has 0 bridgehead atoms. The fourth-order valence-electron chi connectivity index (χ4n) is 0.909. The molecule has 0 aliphatic heterocycles. The number of hydrogen-bond donors (Lipinski definition) is 0. The van der Waals surface area contributed by atoms with Crippen molar-refractivity contribution in [2.24, 2.45) is 0 Å². The smallest absolute Gasteiger partial charge is 0.181 e. The second-order valence-electron chi connectivity index (χ2n) is 2.64. The molecule has 0 aromatic heterocycles. The highest BCUT2D eigenvalue weighted by Gasteiger charge is 2.07. The van der Waals surface area contributed by atoms with E-state index in [1.54, 1.807) is 25.1 Å². The first-order chi connectivity index (χ1) is 6.67. The highest BCUT2D eigenvalue weighted by molar-refractivity contribution is 9.10. The van der Waals surface area contributed by atoms with Crippen LogP contribution in [0.25, 0.3) is 0 Å². The van der Waals surface area contributed by atoms with E-state index in [1.165, 1.54) is 0 Å². The molecule has 14 heavy (non-hydrogen) atoms. The molecule has 0 saturated heterocycles. The molecule has 1 aromatic rings. The first-order valence-corrected chi connectivity index (χ1v) is 4.72. The normalized spacial score (nSPS) is 11.1. The zero-order valence-corrected chi connectivity index (χ0v) is 9.08. The SMILES string of the molecule is CC(C#N)Oc1ccc(Br)cc1C#N. The average Bonchev–Trinajstić information content (AvgIpc) is 2.20. The summed E-state index contributed by atoms with van der Waals surface area (Å²) in [4.78, 5) is 0. The van der Waals surface area contributed by atoms with Crippen molar-refractivity contribution in [1.82, 2.24) is 0 Å². The van der Waals surface area contributed by atoms with Crippen molar-refractivity contribution >= 4 is 15.9 Å². The highest BCUT2D eigenvalue weighted by atomic mass is 79.9. The lowest BCUT2D eigenvalue weighted by molar-refractivity contribution is 0.275. The summed E-state index contributed by atoms with van der Waals surface area (Å²) in [5.74, 6) is 0.435. The van der Waals surface area contributed by atoms with Gasteiger partial charge in [0.1, 0.15) is 17.9 Å². The lowest BCUT2D eigenvalue weighted by Gasteiger charge is -2.08. The second kappa shape index (κ2) is 4.64. The van der Waals surface area contributed by atoms with E-state index in [1.807, 2.05) is 12.1 Å². The van der Waals surface area contributed by atoms with Crippen LogP contribution in [0.5, 0.6) is 5.75 Å². The molecule has 1 rings (SSSR count). The van der Waals surface area contributed by atoms with Gasteiger partial charge in [-0.2, -0.15) is 10.5 Å². The molecule has 70 valence electrons. The van der Waals surface area contributed by atoms with Crippen molar-refractivity contribution in [3.63, 3.8) is 0 Å². The van der Waals surface area contributed by atoms with Crippen molar-refractivity contribution in [3.8, 4) is 17.9 Å². The number of rotatable bonds is 2. The van der Waals surface area contributed by atoms with E-state index in [0.29, 0.717) is 11.3 Å². The van der Waals surface area contributed by atoms with Crippen LogP contribution >= 0.6 is 15.9 Å². The van der Waals surface area contributed by atoms with Crippen LogP contribution in [0.15, 0.2) is 22.7 Å². The van der Waals surface area contributed by atoms with Gasteiger partial charge in [-0.3, -0.25) is 0 Å². The van der Waals surface area contributed by atoms with E-state index < -0.39 is 6.10 Å². The van der Waals surface area contributed by atoms with Crippen LogP contribution in [0.4, 0.5) is 0 Å². The van der Waals surface area contributed by atoms with E-state index in [9.17, 15) is 0 Å². The monoisotopic (exact) mass is 250 g/mol. The fraction of sp³-hybridized carbons (Fsp3) is 0.200. The minimum atomic E-state index is -0.553. The number of benzene rings is 1. The molecule has 0 amide bonds. The topological polar surface area (TPSA) is 56.8 Å². The molecule has 0 aliphatic rings. The molecule has 0 N–H and O–H groups in total. The Balaban J connectivity index is 2.99. The summed E-state index contributed by atoms with van der Waals surface area (Å²) in [5, 5.41) is 17.3. The van der Waals surface area contributed by atoms with Crippen LogP contribution < -0.4 is 4.74 Å². The third kappa shape index (κ3) is 2.48. The predicted molar refractivity (Wildman–Crippen MR) is 54.6 cm³/mol. The minimum Gasteiger partial charge on any atom is -0.474 e. The van der Waals surface area contributed by atoms with Gasteiger partial charge in [-0.25, -0.2) is 0 Å². The maximum Gasteiger partial charge on any atom is 0.181 e. The molecule has 4 heteroatoms. The molecular weight excluding hydrogens is 244 g/mol. The van der Waals surface area contributed by atoms with Crippen LogP contribution in [0.2, 0.25) is 0 Å². The van der Waals surface area contributed by atoms with Gasteiger partial charge in [0.25, 0.3) is 0 Å². The predicted octanol–water partition coefficient (Wildman–Crippen LogP) is 2.61. The summed E-state index contributed by atoms with van der Waals surface area (Å²) in [5.41, 5.74) is 0.418. The first kappa shape index (κ1) is 10.6. The molecule has 0 radical (unpaired) electrons. The third-order valence-electron chi connectivity index (χ3n) is 1.55. The van der Waals surface area contributed by atoms with Gasteiger partial charge in [0.15, 0.2) is 6.10 Å². The Hall–Kier alpha value is -1.52. The molecule has 0 saturated carbocycles. The summed E-state index contributed by atoms with van der Waals surface area (Å²) >= 11 is 3.25. The quantitative estimate of drug-likeness (QED) is 0.811. The summed E-state index contributed by atoms with van der Waals surface area (Å²) in [7, 11) is 0. The Morgan fingerprint density at radius 3 is 2.71 bits per heavy atom. The molecule has 0 heterocycles. The first-order valence-electron chi connectivity index (χ1n) is 3.93. The van der Waals surface area contributed by atoms with Crippen LogP contribution in [0.1, 0.15) is 12.5 Å². The van der Waals surface area contributed by atoms with Crippen molar-refractivity contribution in [1.29, 1.82) is 10.5 Å². The van der Waals surface area contributed by atoms with Gasteiger partial charge in [-0.15, -0.1) is 0 Å². The summed E-state index contributed by atoms with van der Waals surface area (Å²) in [6.07, 6.45) is -0.553. The van der Waals surface area contributed by atoms with Gasteiger partial charge in [0.2, 0.25) is 0 Å². The largest absolute Gasteiger partial charge is 0.474 e. The van der Waals surface area contributed by atoms with Gasteiger partial charge in [-0.1, -0.05) is 15.9 Å². The van der Waals surface area contributed by atoms with E-state index >= 15 is 0 Å². The van der Waals surface area contributed by atoms with Gasteiger partial charge in [0, 0.05) is 4.47 Å². The summed E-state index contributed by atoms with van der Waals surface area (Å²) in [6, 6.07) is 9.02. The number of nitriles is 2. The van der Waals surface area contributed by atoms with E-state index in [-0.39, 0.29) is 0 Å². The number of halogens is 1. The number of hydrogen-bond acceptors (Lipinski definition) is 3.